The fourth-order valence-corrected chi connectivity index (χ4v) is 3.52. The number of urea groups is 1. The van der Waals surface area contributed by atoms with Crippen molar-refractivity contribution in [1.82, 2.24) is 14.9 Å². The minimum Gasteiger partial charge on any atom is -0.497 e. The molecule has 3 aromatic rings. The highest BCUT2D eigenvalue weighted by Crippen LogP contribution is 2.24. The molecule has 2 amide bonds. The van der Waals surface area contributed by atoms with Gasteiger partial charge in [0.2, 0.25) is 0 Å². The maximum absolute atomic E-state index is 12.6. The standard InChI is InChI=1S/C22H23ClN6O2/c1-31-17-6-4-5-16(13-17)26-20-14-21(25-15-24-20)28-9-11-29(12-10-28)22(30)27-19-8-3-2-7-18(19)23/h2-8,13-15H,9-12H2,1H3,(H,27,30)(H,24,25,26). The third-order valence-electron chi connectivity index (χ3n) is 5.00. The number of nitrogens with zero attached hydrogens (tertiary/aromatic N) is 4. The Hall–Kier alpha value is -3.52. The second kappa shape index (κ2) is 9.53. The first-order valence-electron chi connectivity index (χ1n) is 9.91. The number of halogens is 1. The van der Waals surface area contributed by atoms with Crippen LogP contribution in [0.25, 0.3) is 0 Å². The van der Waals surface area contributed by atoms with Crippen LogP contribution in [0.15, 0.2) is 60.9 Å². The minimum atomic E-state index is -0.157. The maximum atomic E-state index is 12.6. The fourth-order valence-electron chi connectivity index (χ4n) is 3.33. The highest BCUT2D eigenvalue weighted by molar-refractivity contribution is 6.33. The lowest BCUT2D eigenvalue weighted by Gasteiger charge is -2.35. The van der Waals surface area contributed by atoms with Crippen LogP contribution < -0.4 is 20.3 Å². The van der Waals surface area contributed by atoms with Gasteiger partial charge in [-0.05, 0) is 24.3 Å². The number of aromatic nitrogens is 2. The first-order chi connectivity index (χ1) is 15.1. The highest BCUT2D eigenvalue weighted by Gasteiger charge is 2.22. The molecule has 0 aliphatic carbocycles. The molecule has 0 radical (unpaired) electrons. The van der Waals surface area contributed by atoms with E-state index in [2.05, 4.69) is 25.5 Å². The van der Waals surface area contributed by atoms with Gasteiger partial charge >= 0.3 is 6.03 Å². The van der Waals surface area contributed by atoms with Crippen LogP contribution in [-0.4, -0.2) is 54.2 Å². The number of hydrogen-bond acceptors (Lipinski definition) is 6. The monoisotopic (exact) mass is 438 g/mol. The summed E-state index contributed by atoms with van der Waals surface area (Å²) >= 11 is 6.13. The van der Waals surface area contributed by atoms with Crippen LogP contribution in [0.5, 0.6) is 5.75 Å². The quantitative estimate of drug-likeness (QED) is 0.620. The van der Waals surface area contributed by atoms with Crippen LogP contribution in [0.4, 0.5) is 27.8 Å². The smallest absolute Gasteiger partial charge is 0.322 e. The molecule has 2 aromatic carbocycles. The fraction of sp³-hybridized carbons (Fsp3) is 0.227. The third-order valence-corrected chi connectivity index (χ3v) is 5.33. The zero-order chi connectivity index (χ0) is 21.6. The topological polar surface area (TPSA) is 82.6 Å². The summed E-state index contributed by atoms with van der Waals surface area (Å²) < 4.78 is 5.26. The highest BCUT2D eigenvalue weighted by atomic mass is 35.5. The molecular weight excluding hydrogens is 416 g/mol. The Morgan fingerprint density at radius 2 is 1.84 bits per heavy atom. The summed E-state index contributed by atoms with van der Waals surface area (Å²) in [6.45, 7) is 2.51. The van der Waals surface area contributed by atoms with Crippen molar-refractivity contribution in [2.75, 3.05) is 48.8 Å². The normalized spacial score (nSPS) is 13.6. The molecule has 8 nitrogen and oxygen atoms in total. The van der Waals surface area contributed by atoms with E-state index in [1.807, 2.05) is 42.5 Å². The van der Waals surface area contributed by atoms with E-state index in [9.17, 15) is 4.79 Å². The van der Waals surface area contributed by atoms with Gasteiger partial charge in [0.25, 0.3) is 0 Å². The van der Waals surface area contributed by atoms with Gasteiger partial charge < -0.3 is 25.2 Å². The molecule has 0 atom stereocenters. The number of nitrogens with one attached hydrogen (secondary N) is 2. The molecule has 31 heavy (non-hydrogen) atoms. The van der Waals surface area contributed by atoms with Gasteiger partial charge in [-0.3, -0.25) is 0 Å². The molecule has 2 heterocycles. The average molecular weight is 439 g/mol. The van der Waals surface area contributed by atoms with Crippen molar-refractivity contribution in [3.63, 3.8) is 0 Å². The van der Waals surface area contributed by atoms with Gasteiger partial charge in [-0.2, -0.15) is 0 Å². The Kier molecular flexibility index (Phi) is 6.37. The minimum absolute atomic E-state index is 0.157. The molecule has 1 aliphatic rings. The lowest BCUT2D eigenvalue weighted by atomic mass is 10.3. The Balaban J connectivity index is 1.36. The average Bonchev–Trinajstić information content (AvgIpc) is 2.81. The van der Waals surface area contributed by atoms with E-state index < -0.39 is 0 Å². The molecule has 1 aromatic heterocycles. The largest absolute Gasteiger partial charge is 0.497 e. The number of rotatable bonds is 5. The number of carbonyl (C=O) groups is 1. The Morgan fingerprint density at radius 3 is 2.61 bits per heavy atom. The van der Waals surface area contributed by atoms with Crippen LogP contribution in [-0.2, 0) is 0 Å². The van der Waals surface area contributed by atoms with Gasteiger partial charge in [0.1, 0.15) is 23.7 Å². The van der Waals surface area contributed by atoms with Gasteiger partial charge in [-0.1, -0.05) is 29.8 Å². The second-order valence-corrected chi connectivity index (χ2v) is 7.41. The molecule has 1 fully saturated rings. The SMILES string of the molecule is COc1cccc(Nc2cc(N3CCN(C(=O)Nc4ccccc4Cl)CC3)ncn2)c1. The van der Waals surface area contributed by atoms with Gasteiger partial charge in [0.15, 0.2) is 0 Å². The zero-order valence-electron chi connectivity index (χ0n) is 17.1. The Bertz CT molecular complexity index is 1060. The number of benzene rings is 2. The van der Waals surface area contributed by atoms with Gasteiger partial charge in [-0.25, -0.2) is 14.8 Å². The van der Waals surface area contributed by atoms with E-state index in [0.29, 0.717) is 42.7 Å². The van der Waals surface area contributed by atoms with Crippen LogP contribution in [0.2, 0.25) is 5.02 Å². The second-order valence-electron chi connectivity index (χ2n) is 7.00. The number of para-hydroxylation sites is 1. The van der Waals surface area contributed by atoms with E-state index in [0.717, 1.165) is 17.3 Å². The number of anilines is 4. The van der Waals surface area contributed by atoms with Crippen LogP contribution in [0.3, 0.4) is 0 Å². The molecule has 0 saturated carbocycles. The van der Waals surface area contributed by atoms with Crippen molar-refractivity contribution in [3.05, 3.63) is 65.9 Å². The summed E-state index contributed by atoms with van der Waals surface area (Å²) in [7, 11) is 1.64. The van der Waals surface area contributed by atoms with Crippen LogP contribution in [0.1, 0.15) is 0 Å². The number of carbonyl (C=O) groups excluding carboxylic acids is 1. The van der Waals surface area contributed by atoms with Gasteiger partial charge in [0, 0.05) is 44.0 Å². The van der Waals surface area contributed by atoms with Crippen molar-refractivity contribution in [3.8, 4) is 5.75 Å². The molecule has 0 spiro atoms. The molecule has 0 bridgehead atoms. The summed E-state index contributed by atoms with van der Waals surface area (Å²) in [6, 6.07) is 16.6. The number of amides is 2. The van der Waals surface area contributed by atoms with Gasteiger partial charge in [-0.15, -0.1) is 0 Å². The molecule has 2 N–H and O–H groups in total. The first-order valence-corrected chi connectivity index (χ1v) is 10.3. The van der Waals surface area contributed by atoms with E-state index >= 15 is 0 Å². The Morgan fingerprint density at radius 1 is 1.03 bits per heavy atom. The molecule has 9 heteroatoms. The molecule has 1 aliphatic heterocycles. The Labute approximate surface area is 185 Å². The van der Waals surface area contributed by atoms with Crippen LogP contribution >= 0.6 is 11.6 Å². The van der Waals surface area contributed by atoms with Crippen molar-refractivity contribution in [2.45, 2.75) is 0 Å². The number of piperazine rings is 1. The number of hydrogen-bond donors (Lipinski definition) is 2. The summed E-state index contributed by atoms with van der Waals surface area (Å²) in [5.41, 5.74) is 1.49. The predicted octanol–water partition coefficient (Wildman–Crippen LogP) is 4.24. The van der Waals surface area contributed by atoms with Crippen molar-refractivity contribution < 1.29 is 9.53 Å². The molecular formula is C22H23ClN6O2. The molecule has 160 valence electrons. The zero-order valence-corrected chi connectivity index (χ0v) is 17.8. The van der Waals surface area contributed by atoms with Gasteiger partial charge in [0.05, 0.1) is 17.8 Å². The first kappa shape index (κ1) is 20.7. The summed E-state index contributed by atoms with van der Waals surface area (Å²) in [6.07, 6.45) is 1.54. The summed E-state index contributed by atoms with van der Waals surface area (Å²) in [5, 5.41) is 6.66. The van der Waals surface area contributed by atoms with E-state index in [4.69, 9.17) is 16.3 Å². The molecule has 4 rings (SSSR count). The maximum Gasteiger partial charge on any atom is 0.322 e. The van der Waals surface area contributed by atoms with Crippen molar-refractivity contribution in [1.29, 1.82) is 0 Å². The van der Waals surface area contributed by atoms with E-state index in [1.54, 1.807) is 24.1 Å². The predicted molar refractivity (Wildman–Crippen MR) is 123 cm³/mol. The molecule has 0 unspecified atom stereocenters. The van der Waals surface area contributed by atoms with Crippen molar-refractivity contribution >= 4 is 40.6 Å². The summed E-state index contributed by atoms with van der Waals surface area (Å²) in [5.74, 6) is 2.27. The van der Waals surface area contributed by atoms with Crippen LogP contribution in [0, 0.1) is 0 Å². The van der Waals surface area contributed by atoms with E-state index in [-0.39, 0.29) is 6.03 Å². The lowest BCUT2D eigenvalue weighted by Crippen LogP contribution is -2.50. The van der Waals surface area contributed by atoms with Crippen molar-refractivity contribution in [2.24, 2.45) is 0 Å². The number of ether oxygens (including phenoxy) is 1. The lowest BCUT2D eigenvalue weighted by molar-refractivity contribution is 0.208. The third kappa shape index (κ3) is 5.16. The number of methoxy groups -OCH3 is 1. The van der Waals surface area contributed by atoms with E-state index in [1.165, 1.54) is 6.33 Å². The molecule has 1 saturated heterocycles. The summed E-state index contributed by atoms with van der Waals surface area (Å²) in [4.78, 5) is 25.2.